The zero-order valence-electron chi connectivity index (χ0n) is 23.0. The van der Waals surface area contributed by atoms with Crippen LogP contribution in [0.4, 0.5) is 0 Å². The molecule has 0 radical (unpaired) electrons. The number of amides is 2. The van der Waals surface area contributed by atoms with Gasteiger partial charge in [-0.05, 0) is 18.2 Å². The van der Waals surface area contributed by atoms with Crippen molar-refractivity contribution in [1.29, 1.82) is 0 Å². The Morgan fingerprint density at radius 1 is 1.17 bits per heavy atom. The molecule has 3 unspecified atom stereocenters. The van der Waals surface area contributed by atoms with Crippen molar-refractivity contribution in [2.45, 2.75) is 51.3 Å². The molecule has 2 amide bonds. The molecule has 14 heteroatoms. The first-order chi connectivity index (χ1) is 19.6. The fraction of sp³-hybridized carbons (Fsp3) is 0.519. The van der Waals surface area contributed by atoms with Gasteiger partial charge in [0.25, 0.3) is 0 Å². The third kappa shape index (κ3) is 12.8. The number of nitrogens with zero attached hydrogens (tertiary/aromatic N) is 1. The molecule has 14 nitrogen and oxygen atoms in total. The Bertz CT molecular complexity index is 1080. The lowest BCUT2D eigenvalue weighted by Gasteiger charge is -2.31. The summed E-state index contributed by atoms with van der Waals surface area (Å²) in [7, 11) is 1.53. The Hall–Kier alpha value is -4.01. The van der Waals surface area contributed by atoms with Crippen LogP contribution in [0.3, 0.4) is 0 Å². The lowest BCUT2D eigenvalue weighted by Crippen LogP contribution is -2.42. The highest BCUT2D eigenvalue weighted by Crippen LogP contribution is 2.30. The smallest absolute Gasteiger partial charge is 0.333 e. The average molecular weight is 581 g/mol. The molecule has 226 valence electrons. The van der Waals surface area contributed by atoms with Crippen LogP contribution in [0, 0.1) is 0 Å². The van der Waals surface area contributed by atoms with Crippen molar-refractivity contribution < 1.29 is 57.9 Å². The number of rotatable bonds is 17. The van der Waals surface area contributed by atoms with Crippen molar-refractivity contribution in [2.24, 2.45) is 0 Å². The number of aliphatic hydroxyl groups is 1. The minimum absolute atomic E-state index is 0.0537. The van der Waals surface area contributed by atoms with Crippen molar-refractivity contribution in [3.8, 4) is 11.5 Å². The van der Waals surface area contributed by atoms with E-state index in [9.17, 15) is 34.2 Å². The van der Waals surface area contributed by atoms with Crippen LogP contribution >= 0.6 is 0 Å². The van der Waals surface area contributed by atoms with Gasteiger partial charge in [-0.1, -0.05) is 0 Å². The number of carbonyl (C=O) groups is 5. The summed E-state index contributed by atoms with van der Waals surface area (Å²) in [6.45, 7) is 2.22. The Kier molecular flexibility index (Phi) is 14.3. The lowest BCUT2D eigenvalue weighted by molar-refractivity contribution is -0.195. The molecule has 0 bridgehead atoms. The summed E-state index contributed by atoms with van der Waals surface area (Å²) in [6, 6.07) is 4.80. The first-order valence-electron chi connectivity index (χ1n) is 12.9. The third-order valence-electron chi connectivity index (χ3n) is 5.70. The summed E-state index contributed by atoms with van der Waals surface area (Å²) in [5.41, 5.74) is 0.489. The van der Waals surface area contributed by atoms with E-state index in [1.165, 1.54) is 24.9 Å². The van der Waals surface area contributed by atoms with E-state index in [4.69, 9.17) is 23.7 Å². The van der Waals surface area contributed by atoms with Crippen LogP contribution in [0.25, 0.3) is 0 Å². The van der Waals surface area contributed by atoms with Crippen molar-refractivity contribution in [1.82, 2.24) is 10.2 Å². The fourth-order valence-electron chi connectivity index (χ4n) is 3.57. The number of esters is 1. The van der Waals surface area contributed by atoms with Crippen molar-refractivity contribution in [2.75, 3.05) is 40.0 Å². The summed E-state index contributed by atoms with van der Waals surface area (Å²) in [5, 5.41) is 22.0. The van der Waals surface area contributed by atoms with Gasteiger partial charge >= 0.3 is 11.9 Å². The predicted molar refractivity (Wildman–Crippen MR) is 141 cm³/mol. The van der Waals surface area contributed by atoms with Gasteiger partial charge in [0.15, 0.2) is 6.10 Å². The molecule has 0 aliphatic carbocycles. The number of aliphatic hydroxyl groups excluding tert-OH is 1. The molecule has 1 aliphatic heterocycles. The number of carbonyl (C=O) groups excluding carboxylic acids is 4. The molecule has 41 heavy (non-hydrogen) atoms. The van der Waals surface area contributed by atoms with Crippen LogP contribution in [0.15, 0.2) is 30.4 Å². The molecule has 0 spiro atoms. The minimum atomic E-state index is -1.22. The number of aliphatic carboxylic acids is 1. The Morgan fingerprint density at radius 3 is 2.66 bits per heavy atom. The predicted octanol–water partition coefficient (Wildman–Crippen LogP) is 0.194. The van der Waals surface area contributed by atoms with Gasteiger partial charge in [0.2, 0.25) is 18.1 Å². The van der Waals surface area contributed by atoms with Gasteiger partial charge in [-0.2, -0.15) is 0 Å². The summed E-state index contributed by atoms with van der Waals surface area (Å²) in [5.74, 6) is -1.70. The fourth-order valence-corrected chi connectivity index (χ4v) is 3.57. The number of hydrogen-bond donors (Lipinski definition) is 3. The highest BCUT2D eigenvalue weighted by atomic mass is 16.7. The topological polar surface area (TPSA) is 187 Å². The highest BCUT2D eigenvalue weighted by molar-refractivity contribution is 5.91. The Balaban J connectivity index is 1.78. The van der Waals surface area contributed by atoms with Gasteiger partial charge < -0.3 is 44.1 Å². The van der Waals surface area contributed by atoms with Crippen molar-refractivity contribution in [3.05, 3.63) is 35.9 Å². The molecule has 1 aromatic rings. The maximum Gasteiger partial charge on any atom is 0.333 e. The molecule has 1 aromatic carbocycles. The number of aldehydes is 1. The minimum Gasteiger partial charge on any atom is -0.491 e. The van der Waals surface area contributed by atoms with E-state index in [1.807, 2.05) is 0 Å². The molecule has 1 aliphatic rings. The molecule has 1 fully saturated rings. The molecule has 1 saturated heterocycles. The largest absolute Gasteiger partial charge is 0.491 e. The summed E-state index contributed by atoms with van der Waals surface area (Å²) in [6.07, 6.45) is -0.368. The first kappa shape index (κ1) is 33.2. The second-order valence-corrected chi connectivity index (χ2v) is 9.00. The lowest BCUT2D eigenvalue weighted by atomic mass is 10.1. The maximum atomic E-state index is 11.9. The number of likely N-dealkylation sites (N-methyl/N-ethyl adjacent to an activating group) is 1. The van der Waals surface area contributed by atoms with Crippen LogP contribution in [0.5, 0.6) is 11.5 Å². The van der Waals surface area contributed by atoms with Gasteiger partial charge in [0.1, 0.15) is 31.0 Å². The van der Waals surface area contributed by atoms with E-state index < -0.39 is 30.4 Å². The van der Waals surface area contributed by atoms with Gasteiger partial charge in [-0.3, -0.25) is 19.2 Å². The average Bonchev–Trinajstić information content (AvgIpc) is 2.93. The second-order valence-electron chi connectivity index (χ2n) is 9.00. The standard InChI is InChI=1S/C27H36N2O12/c1-18(31)39-17-19-5-6-21(16-22(19)40-26-15-20(32)14-23(41-26)27(35)36)38-13-12-37-11-8-28-24(33)7-9-29(2)25(34)4-3-10-30/h3-6,10,16,20,23,26,32H,7-9,11-15,17H2,1-2H3,(H,28,33)(H,35,36)/b4-3-. The molecule has 2 rings (SSSR count). The number of allylic oxidation sites excluding steroid dienone is 1. The van der Waals surface area contributed by atoms with E-state index in [0.717, 1.165) is 12.2 Å². The third-order valence-corrected chi connectivity index (χ3v) is 5.70. The van der Waals surface area contributed by atoms with Gasteiger partial charge in [0.05, 0.1) is 19.3 Å². The van der Waals surface area contributed by atoms with Crippen LogP contribution in [0.1, 0.15) is 31.7 Å². The number of benzene rings is 1. The van der Waals surface area contributed by atoms with E-state index in [0.29, 0.717) is 17.6 Å². The van der Waals surface area contributed by atoms with Gasteiger partial charge in [-0.15, -0.1) is 0 Å². The zero-order valence-corrected chi connectivity index (χ0v) is 23.0. The zero-order chi connectivity index (χ0) is 30.2. The van der Waals surface area contributed by atoms with Crippen LogP contribution in [0.2, 0.25) is 0 Å². The van der Waals surface area contributed by atoms with E-state index in [2.05, 4.69) is 5.32 Å². The van der Waals surface area contributed by atoms with E-state index >= 15 is 0 Å². The van der Waals surface area contributed by atoms with E-state index in [-0.39, 0.29) is 76.3 Å². The number of carboxylic acid groups (broad SMARTS) is 1. The van der Waals surface area contributed by atoms with Gasteiger partial charge in [0, 0.05) is 64.0 Å². The summed E-state index contributed by atoms with van der Waals surface area (Å²) >= 11 is 0. The molecule has 0 aromatic heterocycles. The Labute approximate surface area is 237 Å². The van der Waals surface area contributed by atoms with Crippen molar-refractivity contribution >= 4 is 30.0 Å². The Morgan fingerprint density at radius 2 is 1.95 bits per heavy atom. The van der Waals surface area contributed by atoms with Gasteiger partial charge in [-0.25, -0.2) is 4.79 Å². The summed E-state index contributed by atoms with van der Waals surface area (Å²) < 4.78 is 27.5. The molecule has 3 N–H and O–H groups in total. The SMILES string of the molecule is CC(=O)OCc1ccc(OCCOCCNC(=O)CCN(C)C(=O)/C=C\C=O)cc1OC1CC(O)CC(C(=O)O)O1. The van der Waals surface area contributed by atoms with Crippen LogP contribution in [-0.2, 0) is 44.8 Å². The highest BCUT2D eigenvalue weighted by Gasteiger charge is 2.34. The van der Waals surface area contributed by atoms with E-state index in [1.54, 1.807) is 12.1 Å². The quantitative estimate of drug-likeness (QED) is 0.0984. The molecular formula is C27H36N2O12. The molecule has 1 heterocycles. The monoisotopic (exact) mass is 580 g/mol. The number of ether oxygens (including phenoxy) is 5. The first-order valence-corrected chi connectivity index (χ1v) is 12.9. The van der Waals surface area contributed by atoms with Crippen LogP contribution < -0.4 is 14.8 Å². The molecule has 3 atom stereocenters. The second kappa shape index (κ2) is 17.6. The molecule has 0 saturated carbocycles. The van der Waals surface area contributed by atoms with Crippen LogP contribution in [-0.4, -0.2) is 104 Å². The number of nitrogens with one attached hydrogen (secondary N) is 1. The maximum absolute atomic E-state index is 11.9. The number of carboxylic acids is 1. The molecular weight excluding hydrogens is 544 g/mol. The van der Waals surface area contributed by atoms with Crippen molar-refractivity contribution in [3.63, 3.8) is 0 Å². The summed E-state index contributed by atoms with van der Waals surface area (Å²) in [4.78, 5) is 57.8. The normalized spacial score (nSPS) is 18.4. The number of hydrogen-bond acceptors (Lipinski definition) is 11.